The van der Waals surface area contributed by atoms with Crippen LogP contribution in [0.4, 0.5) is 0 Å². The van der Waals surface area contributed by atoms with Crippen LogP contribution in [0.1, 0.15) is 28.2 Å². The van der Waals surface area contributed by atoms with Gasteiger partial charge in [-0.25, -0.2) is 0 Å². The number of benzene rings is 3. The Labute approximate surface area is 182 Å². The van der Waals surface area contributed by atoms with Gasteiger partial charge in [-0.1, -0.05) is 36.4 Å². The van der Waals surface area contributed by atoms with Gasteiger partial charge in [-0.3, -0.25) is 0 Å². The smallest absolute Gasteiger partial charge is 0.203 e. The van der Waals surface area contributed by atoms with Crippen LogP contribution in [0.3, 0.4) is 0 Å². The predicted molar refractivity (Wildman–Crippen MR) is 123 cm³/mol. The number of aromatic amines is 1. The molecule has 5 nitrogen and oxygen atoms in total. The van der Waals surface area contributed by atoms with E-state index in [1.807, 2.05) is 24.3 Å². The number of hydrogen-bond donors (Lipinski definition) is 1. The van der Waals surface area contributed by atoms with Gasteiger partial charge in [0.2, 0.25) is 5.75 Å². The maximum Gasteiger partial charge on any atom is 0.203 e. The molecule has 1 N–H and O–H groups in total. The maximum absolute atomic E-state index is 5.86. The van der Waals surface area contributed by atoms with Crippen LogP contribution >= 0.6 is 0 Å². The van der Waals surface area contributed by atoms with Crippen LogP contribution in [0.25, 0.3) is 10.9 Å². The van der Waals surface area contributed by atoms with Crippen LogP contribution in [0.5, 0.6) is 23.0 Å². The summed E-state index contributed by atoms with van der Waals surface area (Å²) in [6, 6.07) is 18.6. The zero-order chi connectivity index (χ0) is 22.0. The third kappa shape index (κ3) is 3.56. The molecule has 0 amide bonds. The van der Waals surface area contributed by atoms with E-state index >= 15 is 0 Å². The van der Waals surface area contributed by atoms with Gasteiger partial charge >= 0.3 is 0 Å². The van der Waals surface area contributed by atoms with Crippen LogP contribution in [0.15, 0.2) is 60.8 Å². The fourth-order valence-electron chi connectivity index (χ4n) is 4.29. The van der Waals surface area contributed by atoms with E-state index in [-0.39, 0.29) is 5.92 Å². The molecule has 5 heteroatoms. The molecule has 0 saturated heterocycles. The highest BCUT2D eigenvalue weighted by Crippen LogP contribution is 2.47. The van der Waals surface area contributed by atoms with Gasteiger partial charge in [-0.15, -0.1) is 0 Å². The highest BCUT2D eigenvalue weighted by atomic mass is 16.5. The minimum absolute atomic E-state index is 0.0875. The van der Waals surface area contributed by atoms with Crippen molar-refractivity contribution in [2.75, 3.05) is 28.4 Å². The van der Waals surface area contributed by atoms with E-state index in [1.54, 1.807) is 28.4 Å². The zero-order valence-corrected chi connectivity index (χ0v) is 18.5. The second-order valence-corrected chi connectivity index (χ2v) is 7.38. The summed E-state index contributed by atoms with van der Waals surface area (Å²) in [5.41, 5.74) is 5.45. The molecule has 0 aliphatic rings. The normalized spacial score (nSPS) is 11.9. The Hall–Kier alpha value is -3.60. The van der Waals surface area contributed by atoms with Crippen molar-refractivity contribution in [1.82, 2.24) is 4.98 Å². The SMILES string of the molecule is COc1ccc(C(c2ccc(OC)c(OC)c2OC)c2c[nH]c3ccccc23)cc1C. The molecule has 1 atom stereocenters. The van der Waals surface area contributed by atoms with Crippen molar-refractivity contribution in [1.29, 1.82) is 0 Å². The lowest BCUT2D eigenvalue weighted by Crippen LogP contribution is -2.07. The molecule has 4 aromatic rings. The second kappa shape index (κ2) is 8.64. The number of fused-ring (bicyclic) bond motifs is 1. The van der Waals surface area contributed by atoms with Gasteiger partial charge in [0.15, 0.2) is 11.5 Å². The van der Waals surface area contributed by atoms with Crippen LogP contribution in [-0.4, -0.2) is 33.4 Å². The average Bonchev–Trinajstić information content (AvgIpc) is 3.22. The van der Waals surface area contributed by atoms with E-state index in [0.29, 0.717) is 17.2 Å². The molecule has 0 saturated carbocycles. The molecule has 1 heterocycles. The number of hydrogen-bond acceptors (Lipinski definition) is 4. The van der Waals surface area contributed by atoms with E-state index in [0.717, 1.165) is 38.9 Å². The molecule has 0 fully saturated rings. The molecule has 3 aromatic carbocycles. The van der Waals surface area contributed by atoms with Gasteiger partial charge < -0.3 is 23.9 Å². The third-order valence-corrected chi connectivity index (χ3v) is 5.73. The van der Waals surface area contributed by atoms with Crippen molar-refractivity contribution in [2.24, 2.45) is 0 Å². The third-order valence-electron chi connectivity index (χ3n) is 5.73. The van der Waals surface area contributed by atoms with E-state index in [1.165, 1.54) is 0 Å². The summed E-state index contributed by atoms with van der Waals surface area (Å²) in [7, 11) is 6.60. The maximum atomic E-state index is 5.86. The summed E-state index contributed by atoms with van der Waals surface area (Å²) in [6.45, 7) is 2.06. The number of ether oxygens (including phenoxy) is 4. The summed E-state index contributed by atoms with van der Waals surface area (Å²) in [5.74, 6) is 2.64. The first-order valence-electron chi connectivity index (χ1n) is 10.1. The molecule has 31 heavy (non-hydrogen) atoms. The Balaban J connectivity index is 2.01. The lowest BCUT2D eigenvalue weighted by molar-refractivity contribution is 0.322. The Morgan fingerprint density at radius 1 is 0.710 bits per heavy atom. The van der Waals surface area contributed by atoms with Crippen molar-refractivity contribution < 1.29 is 18.9 Å². The standard InChI is InChI=1S/C26H27NO4/c1-16-14-17(10-12-22(16)28-2)24(20-15-27-21-9-7-6-8-18(20)21)19-11-13-23(29-3)26(31-5)25(19)30-4/h6-15,24,27H,1-5H3. The fraction of sp³-hybridized carbons (Fsp3) is 0.231. The lowest BCUT2D eigenvalue weighted by atomic mass is 9.83. The van der Waals surface area contributed by atoms with Crippen molar-refractivity contribution in [3.63, 3.8) is 0 Å². The number of aryl methyl sites for hydroxylation is 1. The first-order valence-corrected chi connectivity index (χ1v) is 10.1. The Kier molecular flexibility index (Phi) is 5.76. The van der Waals surface area contributed by atoms with Crippen LogP contribution in [-0.2, 0) is 0 Å². The van der Waals surface area contributed by atoms with Gasteiger partial charge in [-0.2, -0.15) is 0 Å². The summed E-state index contributed by atoms with van der Waals surface area (Å²) in [4.78, 5) is 3.41. The van der Waals surface area contributed by atoms with Gasteiger partial charge in [0.1, 0.15) is 5.75 Å². The topological polar surface area (TPSA) is 52.7 Å². The van der Waals surface area contributed by atoms with E-state index in [4.69, 9.17) is 18.9 Å². The van der Waals surface area contributed by atoms with Crippen molar-refractivity contribution >= 4 is 10.9 Å². The molecule has 1 aromatic heterocycles. The fourth-order valence-corrected chi connectivity index (χ4v) is 4.29. The molecule has 0 aliphatic carbocycles. The van der Waals surface area contributed by atoms with Crippen LogP contribution < -0.4 is 18.9 Å². The van der Waals surface area contributed by atoms with E-state index in [2.05, 4.69) is 48.4 Å². The monoisotopic (exact) mass is 417 g/mol. The summed E-state index contributed by atoms with van der Waals surface area (Å²) >= 11 is 0. The second-order valence-electron chi connectivity index (χ2n) is 7.38. The molecule has 4 rings (SSSR count). The number of rotatable bonds is 7. The van der Waals surface area contributed by atoms with Gasteiger partial charge in [-0.05, 0) is 41.8 Å². The minimum atomic E-state index is -0.0875. The van der Waals surface area contributed by atoms with Crippen LogP contribution in [0, 0.1) is 6.92 Å². The van der Waals surface area contributed by atoms with Crippen molar-refractivity contribution in [2.45, 2.75) is 12.8 Å². The molecule has 0 aliphatic heterocycles. The van der Waals surface area contributed by atoms with E-state index < -0.39 is 0 Å². The van der Waals surface area contributed by atoms with Crippen LogP contribution in [0.2, 0.25) is 0 Å². The molecular formula is C26H27NO4. The van der Waals surface area contributed by atoms with Gasteiger partial charge in [0, 0.05) is 28.6 Å². The van der Waals surface area contributed by atoms with Gasteiger partial charge in [0.05, 0.1) is 28.4 Å². The quantitative estimate of drug-likeness (QED) is 0.420. The first kappa shape index (κ1) is 20.7. The van der Waals surface area contributed by atoms with Gasteiger partial charge in [0.25, 0.3) is 0 Å². The molecule has 160 valence electrons. The molecule has 1 unspecified atom stereocenters. The Morgan fingerprint density at radius 3 is 2.10 bits per heavy atom. The Bertz CT molecular complexity index is 1210. The summed E-state index contributed by atoms with van der Waals surface area (Å²) in [5, 5.41) is 1.16. The van der Waals surface area contributed by atoms with Crippen molar-refractivity contribution in [3.05, 3.63) is 83.0 Å². The minimum Gasteiger partial charge on any atom is -0.496 e. The van der Waals surface area contributed by atoms with E-state index in [9.17, 15) is 0 Å². The average molecular weight is 418 g/mol. The highest BCUT2D eigenvalue weighted by molar-refractivity contribution is 5.85. The van der Waals surface area contributed by atoms with Crippen molar-refractivity contribution in [3.8, 4) is 23.0 Å². The predicted octanol–water partition coefficient (Wildman–Crippen LogP) is 5.69. The largest absolute Gasteiger partial charge is 0.496 e. The Morgan fingerprint density at radius 2 is 1.42 bits per heavy atom. The molecule has 0 spiro atoms. The number of methoxy groups -OCH3 is 4. The number of H-pyrrole nitrogens is 1. The lowest BCUT2D eigenvalue weighted by Gasteiger charge is -2.23. The number of aromatic nitrogens is 1. The molecular weight excluding hydrogens is 390 g/mol. The molecule has 0 bridgehead atoms. The first-order chi connectivity index (χ1) is 15.1. The highest BCUT2D eigenvalue weighted by Gasteiger charge is 2.27. The summed E-state index contributed by atoms with van der Waals surface area (Å²) < 4.78 is 22.5. The number of para-hydroxylation sites is 1. The molecule has 0 radical (unpaired) electrons. The summed E-state index contributed by atoms with van der Waals surface area (Å²) in [6.07, 6.45) is 2.07. The zero-order valence-electron chi connectivity index (χ0n) is 18.5. The number of nitrogens with one attached hydrogen (secondary N) is 1.